The summed E-state index contributed by atoms with van der Waals surface area (Å²) in [6.07, 6.45) is 1.30. The molecule has 3 aromatic rings. The van der Waals surface area contributed by atoms with Crippen molar-refractivity contribution in [3.63, 3.8) is 0 Å². The van der Waals surface area contributed by atoms with Gasteiger partial charge in [0.05, 0.1) is 23.5 Å². The van der Waals surface area contributed by atoms with Crippen LogP contribution in [0.15, 0.2) is 41.3 Å². The molecule has 2 aromatic carbocycles. The van der Waals surface area contributed by atoms with Crippen molar-refractivity contribution in [3.8, 4) is 5.75 Å². The Morgan fingerprint density at radius 1 is 1.11 bits per heavy atom. The van der Waals surface area contributed by atoms with Crippen molar-refractivity contribution in [3.05, 3.63) is 69.5 Å². The molecule has 3 heterocycles. The van der Waals surface area contributed by atoms with E-state index in [1.165, 1.54) is 30.5 Å². The van der Waals surface area contributed by atoms with Gasteiger partial charge in [0.1, 0.15) is 23.7 Å². The Labute approximate surface area is 198 Å². The summed E-state index contributed by atoms with van der Waals surface area (Å²) in [7, 11) is 0. The number of aromatic carboxylic acids is 1. The number of hydrogen-bond acceptors (Lipinski definition) is 6. The lowest BCUT2D eigenvalue weighted by Crippen LogP contribution is -2.48. The quantitative estimate of drug-likeness (QED) is 0.558. The second kappa shape index (κ2) is 8.77. The molecule has 0 bridgehead atoms. The Bertz CT molecular complexity index is 1400. The van der Waals surface area contributed by atoms with Gasteiger partial charge in [-0.1, -0.05) is 0 Å². The number of halogens is 2. The Morgan fingerprint density at radius 3 is 2.46 bits per heavy atom. The van der Waals surface area contributed by atoms with E-state index in [1.54, 1.807) is 4.57 Å². The smallest absolute Gasteiger partial charge is 0.341 e. The number of aromatic nitrogens is 1. The minimum absolute atomic E-state index is 0.0313. The van der Waals surface area contributed by atoms with Crippen LogP contribution in [0.2, 0.25) is 0 Å². The van der Waals surface area contributed by atoms with Gasteiger partial charge in [-0.3, -0.25) is 14.5 Å². The van der Waals surface area contributed by atoms with E-state index < -0.39 is 28.6 Å². The molecule has 182 valence electrons. The van der Waals surface area contributed by atoms with Gasteiger partial charge in [-0.15, -0.1) is 0 Å². The molecule has 1 N–H and O–H groups in total. The monoisotopic (exact) mass is 483 g/mol. The maximum Gasteiger partial charge on any atom is 0.341 e. The third-order valence-corrected chi connectivity index (χ3v) is 6.59. The van der Waals surface area contributed by atoms with Crippen LogP contribution in [0.4, 0.5) is 14.5 Å². The van der Waals surface area contributed by atoms with Crippen LogP contribution in [-0.4, -0.2) is 65.7 Å². The number of anilines is 1. The number of carboxylic acid groups (broad SMARTS) is 1. The molecule has 0 unspecified atom stereocenters. The number of carboxylic acids is 1. The van der Waals surface area contributed by atoms with Crippen molar-refractivity contribution in [2.24, 2.45) is 0 Å². The summed E-state index contributed by atoms with van der Waals surface area (Å²) in [5, 5.41) is 9.40. The van der Waals surface area contributed by atoms with Crippen LogP contribution < -0.4 is 15.1 Å². The van der Waals surface area contributed by atoms with E-state index in [0.29, 0.717) is 37.3 Å². The maximum atomic E-state index is 15.4. The molecule has 1 fully saturated rings. The third kappa shape index (κ3) is 4.03. The van der Waals surface area contributed by atoms with Crippen LogP contribution in [-0.2, 0) is 0 Å². The molecule has 2 aliphatic rings. The van der Waals surface area contributed by atoms with Crippen LogP contribution in [0.5, 0.6) is 5.75 Å². The molecule has 1 atom stereocenters. The number of Topliss-reactive ketones (excluding diaryl/α,β-unsaturated/α-hetero) is 1. The molecular formula is C25H23F2N3O5. The Kier molecular flexibility index (Phi) is 5.76. The lowest BCUT2D eigenvalue weighted by Gasteiger charge is -2.38. The highest BCUT2D eigenvalue weighted by molar-refractivity contribution is 5.98. The van der Waals surface area contributed by atoms with Crippen molar-refractivity contribution in [2.75, 3.05) is 44.2 Å². The van der Waals surface area contributed by atoms with Crippen molar-refractivity contribution in [1.29, 1.82) is 0 Å². The maximum absolute atomic E-state index is 15.4. The minimum atomic E-state index is -1.36. The zero-order chi connectivity index (χ0) is 24.9. The molecule has 5 rings (SSSR count). The molecule has 0 amide bonds. The summed E-state index contributed by atoms with van der Waals surface area (Å²) in [6.45, 7) is 4.02. The Balaban J connectivity index is 1.42. The topological polar surface area (TPSA) is 92.1 Å². The SMILES string of the molecule is C[C@H]1COc2c(N3CCN(CC(=O)c4ccc(F)cc4)CC3)c(F)cc3c(=O)c(C(=O)O)cn1c23. The summed E-state index contributed by atoms with van der Waals surface area (Å²) in [5.41, 5.74) is -0.129. The fourth-order valence-corrected chi connectivity index (χ4v) is 4.72. The number of hydrogen-bond donors (Lipinski definition) is 1. The van der Waals surface area contributed by atoms with Crippen molar-refractivity contribution >= 4 is 28.3 Å². The molecule has 0 spiro atoms. The van der Waals surface area contributed by atoms with E-state index >= 15 is 4.39 Å². The Hall–Kier alpha value is -3.79. The van der Waals surface area contributed by atoms with Gasteiger partial charge < -0.3 is 19.3 Å². The van der Waals surface area contributed by atoms with Crippen LogP contribution in [0.3, 0.4) is 0 Å². The van der Waals surface area contributed by atoms with Crippen LogP contribution in [0.25, 0.3) is 10.9 Å². The average Bonchev–Trinajstić information content (AvgIpc) is 2.83. The fourth-order valence-electron chi connectivity index (χ4n) is 4.72. The van der Waals surface area contributed by atoms with E-state index in [4.69, 9.17) is 4.74 Å². The van der Waals surface area contributed by atoms with E-state index in [-0.39, 0.29) is 41.8 Å². The number of pyridine rings is 1. The first-order valence-electron chi connectivity index (χ1n) is 11.3. The van der Waals surface area contributed by atoms with Gasteiger partial charge in [0, 0.05) is 37.9 Å². The van der Waals surface area contributed by atoms with E-state index in [0.717, 1.165) is 6.07 Å². The molecular weight excluding hydrogens is 460 g/mol. The van der Waals surface area contributed by atoms with Gasteiger partial charge in [-0.25, -0.2) is 13.6 Å². The van der Waals surface area contributed by atoms with Gasteiger partial charge >= 0.3 is 5.97 Å². The standard InChI is InChI=1S/C25H23F2N3O5/c1-14-13-35-24-21-17(23(32)18(25(33)34)11-30(14)21)10-19(27)22(24)29-8-6-28(7-9-29)12-20(31)15-2-4-16(26)5-3-15/h2-5,10-11,14H,6-9,12-13H2,1H3,(H,33,34)/t14-/m0/s1. The van der Waals surface area contributed by atoms with E-state index in [1.807, 2.05) is 16.7 Å². The Morgan fingerprint density at radius 2 is 1.80 bits per heavy atom. The number of ketones is 1. The predicted molar refractivity (Wildman–Crippen MR) is 125 cm³/mol. The van der Waals surface area contributed by atoms with Crippen LogP contribution >= 0.6 is 0 Å². The molecule has 1 saturated heterocycles. The molecule has 35 heavy (non-hydrogen) atoms. The first kappa shape index (κ1) is 23.0. The highest BCUT2D eigenvalue weighted by atomic mass is 19.1. The summed E-state index contributed by atoms with van der Waals surface area (Å²) in [5.74, 6) is -2.33. The number of nitrogens with zero attached hydrogens (tertiary/aromatic N) is 3. The number of benzene rings is 2. The number of piperazine rings is 1. The van der Waals surface area contributed by atoms with Gasteiger partial charge in [0.25, 0.3) is 0 Å². The molecule has 10 heteroatoms. The zero-order valence-electron chi connectivity index (χ0n) is 19.0. The number of carbonyl (C=O) groups excluding carboxylic acids is 1. The van der Waals surface area contributed by atoms with Gasteiger partial charge in [-0.2, -0.15) is 0 Å². The largest absolute Gasteiger partial charge is 0.487 e. The molecule has 0 aliphatic carbocycles. The average molecular weight is 483 g/mol. The number of ether oxygens (including phenoxy) is 1. The fraction of sp³-hybridized carbons (Fsp3) is 0.320. The predicted octanol–water partition coefficient (Wildman–Crippen LogP) is 2.94. The summed E-state index contributed by atoms with van der Waals surface area (Å²) in [4.78, 5) is 40.6. The molecule has 8 nitrogen and oxygen atoms in total. The second-order valence-electron chi connectivity index (χ2n) is 8.87. The molecule has 0 radical (unpaired) electrons. The first-order chi connectivity index (χ1) is 16.7. The number of rotatable bonds is 5. The first-order valence-corrected chi connectivity index (χ1v) is 11.3. The minimum Gasteiger partial charge on any atom is -0.487 e. The zero-order valence-corrected chi connectivity index (χ0v) is 19.0. The van der Waals surface area contributed by atoms with Crippen molar-refractivity contribution < 1.29 is 28.2 Å². The molecule has 0 saturated carbocycles. The molecule has 1 aromatic heterocycles. The van der Waals surface area contributed by atoms with Gasteiger partial charge in [-0.05, 0) is 37.3 Å². The summed E-state index contributed by atoms with van der Waals surface area (Å²) >= 11 is 0. The highest BCUT2D eigenvalue weighted by Gasteiger charge is 2.31. The van der Waals surface area contributed by atoms with Crippen LogP contribution in [0, 0.1) is 11.6 Å². The van der Waals surface area contributed by atoms with Crippen molar-refractivity contribution in [2.45, 2.75) is 13.0 Å². The third-order valence-electron chi connectivity index (χ3n) is 6.59. The highest BCUT2D eigenvalue weighted by Crippen LogP contribution is 2.42. The second-order valence-corrected chi connectivity index (χ2v) is 8.87. The van der Waals surface area contributed by atoms with Crippen molar-refractivity contribution in [1.82, 2.24) is 9.47 Å². The lowest BCUT2D eigenvalue weighted by atomic mass is 10.1. The molecule has 2 aliphatic heterocycles. The summed E-state index contributed by atoms with van der Waals surface area (Å²) in [6, 6.07) is 6.26. The number of carbonyl (C=O) groups is 2. The van der Waals surface area contributed by atoms with Gasteiger partial charge in [0.2, 0.25) is 5.43 Å². The van der Waals surface area contributed by atoms with Crippen LogP contribution in [0.1, 0.15) is 33.7 Å². The van der Waals surface area contributed by atoms with E-state index in [2.05, 4.69) is 0 Å². The normalized spacial score (nSPS) is 17.9. The van der Waals surface area contributed by atoms with Gasteiger partial charge in [0.15, 0.2) is 17.3 Å². The van der Waals surface area contributed by atoms with E-state index in [9.17, 15) is 23.9 Å². The lowest BCUT2D eigenvalue weighted by molar-refractivity contribution is 0.0694. The summed E-state index contributed by atoms with van der Waals surface area (Å²) < 4.78 is 36.0.